The highest BCUT2D eigenvalue weighted by Crippen LogP contribution is 2.61. The molecule has 0 heterocycles. The molecule has 1 heteroatoms. The molecule has 2 aliphatic rings. The van der Waals surface area contributed by atoms with Crippen molar-refractivity contribution in [3.05, 3.63) is 0 Å². The lowest BCUT2D eigenvalue weighted by Gasteiger charge is -2.29. The molecule has 0 aliphatic heterocycles. The molecule has 2 unspecified atom stereocenters. The first-order chi connectivity index (χ1) is 6.15. The van der Waals surface area contributed by atoms with E-state index in [1.54, 1.807) is 0 Å². The summed E-state index contributed by atoms with van der Waals surface area (Å²) in [7, 11) is 0. The zero-order chi connectivity index (χ0) is 9.47. The lowest BCUT2D eigenvalue weighted by atomic mass is 9.78. The molecular weight excluding hydrogens is 160 g/mol. The topological polar surface area (TPSA) is 20.2 Å². The quantitative estimate of drug-likeness (QED) is 0.709. The maximum Gasteiger partial charge on any atom is 0.0487 e. The standard InChI is InChI=1S/C12H22O/c1-9(2)3-4-12(8-13)6-10-5-11(10)7-12/h9-11,13H,3-8H2,1-2H3. The summed E-state index contributed by atoms with van der Waals surface area (Å²) in [6.07, 6.45) is 6.65. The Morgan fingerprint density at radius 1 is 1.31 bits per heavy atom. The van der Waals surface area contributed by atoms with Crippen LogP contribution in [0.1, 0.15) is 46.0 Å². The zero-order valence-corrected chi connectivity index (χ0v) is 8.92. The molecule has 13 heavy (non-hydrogen) atoms. The van der Waals surface area contributed by atoms with E-state index in [-0.39, 0.29) is 0 Å². The zero-order valence-electron chi connectivity index (χ0n) is 8.92. The van der Waals surface area contributed by atoms with Gasteiger partial charge in [0.25, 0.3) is 0 Å². The van der Waals surface area contributed by atoms with Gasteiger partial charge in [-0.25, -0.2) is 0 Å². The van der Waals surface area contributed by atoms with Gasteiger partial charge in [0.05, 0.1) is 0 Å². The summed E-state index contributed by atoms with van der Waals surface area (Å²) in [6.45, 7) is 4.99. The van der Waals surface area contributed by atoms with Crippen LogP contribution in [0.5, 0.6) is 0 Å². The minimum atomic E-state index is 0.345. The molecule has 1 nitrogen and oxygen atoms in total. The van der Waals surface area contributed by atoms with Gasteiger partial charge in [-0.1, -0.05) is 20.3 Å². The van der Waals surface area contributed by atoms with Gasteiger partial charge in [-0.15, -0.1) is 0 Å². The molecule has 76 valence electrons. The summed E-state index contributed by atoms with van der Waals surface area (Å²) in [5, 5.41) is 9.47. The Kier molecular flexibility index (Phi) is 2.39. The fraction of sp³-hybridized carbons (Fsp3) is 1.00. The van der Waals surface area contributed by atoms with Crippen molar-refractivity contribution in [2.75, 3.05) is 6.61 Å². The molecule has 0 aromatic rings. The summed E-state index contributed by atoms with van der Waals surface area (Å²) in [4.78, 5) is 0. The number of hydrogen-bond acceptors (Lipinski definition) is 1. The third kappa shape index (κ3) is 1.90. The average Bonchev–Trinajstić information content (AvgIpc) is 2.72. The second-order valence-electron chi connectivity index (χ2n) is 5.75. The van der Waals surface area contributed by atoms with Crippen LogP contribution in [0.15, 0.2) is 0 Å². The number of aliphatic hydroxyl groups is 1. The Morgan fingerprint density at radius 2 is 1.92 bits per heavy atom. The average molecular weight is 182 g/mol. The lowest BCUT2D eigenvalue weighted by Crippen LogP contribution is -2.24. The predicted octanol–water partition coefficient (Wildman–Crippen LogP) is 2.83. The smallest absolute Gasteiger partial charge is 0.0487 e. The van der Waals surface area contributed by atoms with E-state index in [2.05, 4.69) is 13.8 Å². The third-order valence-electron chi connectivity index (χ3n) is 4.05. The highest BCUT2D eigenvalue weighted by atomic mass is 16.3. The first-order valence-electron chi connectivity index (χ1n) is 5.76. The van der Waals surface area contributed by atoms with Crippen LogP contribution in [0.2, 0.25) is 0 Å². The maximum absolute atomic E-state index is 9.47. The highest BCUT2D eigenvalue weighted by molar-refractivity contribution is 5.03. The molecule has 0 aromatic carbocycles. The molecule has 0 radical (unpaired) electrons. The number of hydrogen-bond donors (Lipinski definition) is 1. The van der Waals surface area contributed by atoms with Gasteiger partial charge < -0.3 is 5.11 Å². The Labute approximate surface area is 81.5 Å². The minimum absolute atomic E-state index is 0.345. The fourth-order valence-corrected chi connectivity index (χ4v) is 3.01. The Morgan fingerprint density at radius 3 is 2.38 bits per heavy atom. The van der Waals surface area contributed by atoms with Gasteiger partial charge in [-0.05, 0) is 48.9 Å². The third-order valence-corrected chi connectivity index (χ3v) is 4.05. The minimum Gasteiger partial charge on any atom is -0.396 e. The molecule has 0 amide bonds. The Bertz CT molecular complexity index is 176. The maximum atomic E-state index is 9.47. The van der Waals surface area contributed by atoms with Crippen molar-refractivity contribution < 1.29 is 5.11 Å². The molecule has 0 spiro atoms. The molecule has 2 atom stereocenters. The van der Waals surface area contributed by atoms with Crippen LogP contribution in [0.25, 0.3) is 0 Å². The van der Waals surface area contributed by atoms with Crippen LogP contribution in [0, 0.1) is 23.2 Å². The van der Waals surface area contributed by atoms with Crippen LogP contribution in [-0.4, -0.2) is 11.7 Å². The summed E-state index contributed by atoms with van der Waals surface area (Å²) < 4.78 is 0. The van der Waals surface area contributed by atoms with Crippen molar-refractivity contribution in [2.45, 2.75) is 46.0 Å². The van der Waals surface area contributed by atoms with Gasteiger partial charge in [0.15, 0.2) is 0 Å². The van der Waals surface area contributed by atoms with Crippen molar-refractivity contribution in [2.24, 2.45) is 23.2 Å². The van der Waals surface area contributed by atoms with Crippen LogP contribution in [0.4, 0.5) is 0 Å². The van der Waals surface area contributed by atoms with Gasteiger partial charge in [0, 0.05) is 6.61 Å². The van der Waals surface area contributed by atoms with E-state index in [1.165, 1.54) is 32.1 Å². The van der Waals surface area contributed by atoms with Crippen LogP contribution < -0.4 is 0 Å². The Balaban J connectivity index is 1.85. The Hall–Kier alpha value is -0.0400. The molecule has 0 saturated heterocycles. The molecule has 2 fully saturated rings. The summed E-state index contributed by atoms with van der Waals surface area (Å²) in [6, 6.07) is 0. The number of aliphatic hydroxyl groups excluding tert-OH is 1. The van der Waals surface area contributed by atoms with Crippen LogP contribution in [-0.2, 0) is 0 Å². The molecule has 2 rings (SSSR count). The van der Waals surface area contributed by atoms with E-state index < -0.39 is 0 Å². The second kappa shape index (κ2) is 3.27. The van der Waals surface area contributed by atoms with Crippen molar-refractivity contribution in [1.82, 2.24) is 0 Å². The summed E-state index contributed by atoms with van der Waals surface area (Å²) in [5.41, 5.74) is 0.345. The summed E-state index contributed by atoms with van der Waals surface area (Å²) in [5.74, 6) is 2.79. The normalized spacial score (nSPS) is 42.5. The number of rotatable bonds is 4. The van der Waals surface area contributed by atoms with Crippen LogP contribution in [0.3, 0.4) is 0 Å². The largest absolute Gasteiger partial charge is 0.396 e. The van der Waals surface area contributed by atoms with E-state index >= 15 is 0 Å². The van der Waals surface area contributed by atoms with E-state index in [0.29, 0.717) is 12.0 Å². The second-order valence-corrected chi connectivity index (χ2v) is 5.75. The SMILES string of the molecule is CC(C)CCC1(CO)CC2CC2C1. The van der Waals surface area contributed by atoms with Gasteiger partial charge in [0.1, 0.15) is 0 Å². The number of fused-ring (bicyclic) bond motifs is 1. The van der Waals surface area contributed by atoms with Crippen molar-refractivity contribution in [1.29, 1.82) is 0 Å². The first kappa shape index (κ1) is 9.51. The van der Waals surface area contributed by atoms with Gasteiger partial charge in [-0.3, -0.25) is 0 Å². The first-order valence-corrected chi connectivity index (χ1v) is 5.76. The van der Waals surface area contributed by atoms with Crippen molar-refractivity contribution in [3.63, 3.8) is 0 Å². The van der Waals surface area contributed by atoms with Crippen LogP contribution >= 0.6 is 0 Å². The molecule has 0 bridgehead atoms. The van der Waals surface area contributed by atoms with E-state index in [4.69, 9.17) is 0 Å². The van der Waals surface area contributed by atoms with Crippen molar-refractivity contribution >= 4 is 0 Å². The fourth-order valence-electron chi connectivity index (χ4n) is 3.01. The van der Waals surface area contributed by atoms with Gasteiger partial charge in [-0.2, -0.15) is 0 Å². The lowest BCUT2D eigenvalue weighted by molar-refractivity contribution is 0.101. The van der Waals surface area contributed by atoms with E-state index in [0.717, 1.165) is 17.8 Å². The predicted molar refractivity (Wildman–Crippen MR) is 54.4 cm³/mol. The summed E-state index contributed by atoms with van der Waals surface area (Å²) >= 11 is 0. The van der Waals surface area contributed by atoms with Crippen molar-refractivity contribution in [3.8, 4) is 0 Å². The highest BCUT2D eigenvalue weighted by Gasteiger charge is 2.52. The van der Waals surface area contributed by atoms with E-state index in [1.807, 2.05) is 0 Å². The van der Waals surface area contributed by atoms with Gasteiger partial charge in [0.2, 0.25) is 0 Å². The molecule has 0 aromatic heterocycles. The van der Waals surface area contributed by atoms with E-state index in [9.17, 15) is 5.11 Å². The molecular formula is C12H22O. The molecule has 2 saturated carbocycles. The van der Waals surface area contributed by atoms with Gasteiger partial charge >= 0.3 is 0 Å². The monoisotopic (exact) mass is 182 g/mol. The molecule has 1 N–H and O–H groups in total. The molecule has 2 aliphatic carbocycles.